The lowest BCUT2D eigenvalue weighted by molar-refractivity contribution is 0.373. The van der Waals surface area contributed by atoms with Crippen LogP contribution in [0.5, 0.6) is 17.4 Å². The largest absolute Gasteiger partial charge is 0.493 e. The molecular weight excluding hydrogens is 264 g/mol. The molecule has 0 fully saturated rings. The first-order valence-electron chi connectivity index (χ1n) is 5.98. The van der Waals surface area contributed by atoms with E-state index in [4.69, 9.17) is 21.1 Å². The lowest BCUT2D eigenvalue weighted by Gasteiger charge is -2.11. The van der Waals surface area contributed by atoms with E-state index in [0.29, 0.717) is 28.4 Å². The average Bonchev–Trinajstić information content (AvgIpc) is 2.38. The van der Waals surface area contributed by atoms with Gasteiger partial charge in [-0.2, -0.15) is 4.98 Å². The minimum Gasteiger partial charge on any atom is -0.493 e. The minimum absolute atomic E-state index is 0.353. The van der Waals surface area contributed by atoms with Gasteiger partial charge in [-0.15, -0.1) is 0 Å². The molecule has 0 aliphatic carbocycles. The van der Waals surface area contributed by atoms with Gasteiger partial charge in [0.1, 0.15) is 11.0 Å². The summed E-state index contributed by atoms with van der Waals surface area (Å²) in [5, 5.41) is 0.353. The molecule has 0 spiro atoms. The van der Waals surface area contributed by atoms with Gasteiger partial charge in [0.15, 0.2) is 11.5 Å². The summed E-state index contributed by atoms with van der Waals surface area (Å²) in [6.07, 6.45) is 0.940. The zero-order valence-corrected chi connectivity index (χ0v) is 11.9. The second-order valence-corrected chi connectivity index (χ2v) is 4.40. The number of benzene rings is 1. The van der Waals surface area contributed by atoms with E-state index in [1.165, 1.54) is 5.56 Å². The zero-order valence-electron chi connectivity index (χ0n) is 11.1. The fourth-order valence-corrected chi connectivity index (χ4v) is 1.90. The summed E-state index contributed by atoms with van der Waals surface area (Å²) >= 11 is 5.88. The SMILES string of the molecule is CCc1ccc(Oc2cc(Cl)nc(C)n2)c(OC)c1. The monoisotopic (exact) mass is 278 g/mol. The highest BCUT2D eigenvalue weighted by Gasteiger charge is 2.08. The van der Waals surface area contributed by atoms with Crippen molar-refractivity contribution in [1.82, 2.24) is 9.97 Å². The van der Waals surface area contributed by atoms with E-state index in [1.54, 1.807) is 20.1 Å². The summed E-state index contributed by atoms with van der Waals surface area (Å²) in [4.78, 5) is 8.16. The van der Waals surface area contributed by atoms with Crippen LogP contribution in [0.4, 0.5) is 0 Å². The van der Waals surface area contributed by atoms with Gasteiger partial charge in [-0.25, -0.2) is 4.98 Å². The highest BCUT2D eigenvalue weighted by atomic mass is 35.5. The Morgan fingerprint density at radius 1 is 1.16 bits per heavy atom. The lowest BCUT2D eigenvalue weighted by atomic mass is 10.1. The molecule has 0 unspecified atom stereocenters. The predicted molar refractivity (Wildman–Crippen MR) is 74.2 cm³/mol. The van der Waals surface area contributed by atoms with Crippen molar-refractivity contribution in [3.8, 4) is 17.4 Å². The molecule has 0 N–H and O–H groups in total. The molecule has 0 amide bonds. The number of aryl methyl sites for hydroxylation is 2. The van der Waals surface area contributed by atoms with E-state index in [2.05, 4.69) is 16.9 Å². The molecule has 2 rings (SSSR count). The van der Waals surface area contributed by atoms with Gasteiger partial charge in [-0.3, -0.25) is 0 Å². The molecule has 0 saturated heterocycles. The Morgan fingerprint density at radius 3 is 2.58 bits per heavy atom. The predicted octanol–water partition coefficient (Wildman–Crippen LogP) is 3.80. The maximum atomic E-state index is 5.88. The van der Waals surface area contributed by atoms with Crippen molar-refractivity contribution in [2.45, 2.75) is 20.3 Å². The number of rotatable bonds is 4. The van der Waals surface area contributed by atoms with Crippen LogP contribution in [0, 0.1) is 6.92 Å². The van der Waals surface area contributed by atoms with E-state index >= 15 is 0 Å². The van der Waals surface area contributed by atoms with Crippen LogP contribution in [0.2, 0.25) is 5.15 Å². The Balaban J connectivity index is 2.32. The number of methoxy groups -OCH3 is 1. The second-order valence-electron chi connectivity index (χ2n) is 4.02. The molecule has 0 aliphatic rings. The van der Waals surface area contributed by atoms with E-state index in [0.717, 1.165) is 6.42 Å². The van der Waals surface area contributed by atoms with Crippen LogP contribution in [0.3, 0.4) is 0 Å². The molecule has 1 aromatic carbocycles. The van der Waals surface area contributed by atoms with Crippen LogP contribution in [0.15, 0.2) is 24.3 Å². The van der Waals surface area contributed by atoms with Gasteiger partial charge < -0.3 is 9.47 Å². The van der Waals surface area contributed by atoms with Crippen LogP contribution in [-0.2, 0) is 6.42 Å². The highest BCUT2D eigenvalue weighted by molar-refractivity contribution is 6.29. The highest BCUT2D eigenvalue weighted by Crippen LogP contribution is 2.32. The summed E-state index contributed by atoms with van der Waals surface area (Å²) in [6.45, 7) is 3.85. The molecule has 0 saturated carbocycles. The molecule has 0 aliphatic heterocycles. The molecular formula is C14H15ClN2O2. The Kier molecular flexibility index (Phi) is 4.22. The molecule has 2 aromatic rings. The van der Waals surface area contributed by atoms with Crippen molar-refractivity contribution < 1.29 is 9.47 Å². The number of hydrogen-bond donors (Lipinski definition) is 0. The van der Waals surface area contributed by atoms with Crippen molar-refractivity contribution in [1.29, 1.82) is 0 Å². The van der Waals surface area contributed by atoms with Gasteiger partial charge in [0.25, 0.3) is 0 Å². The maximum absolute atomic E-state index is 5.88. The normalized spacial score (nSPS) is 10.3. The Bertz CT molecular complexity index is 567. The van der Waals surface area contributed by atoms with Crippen LogP contribution in [0.25, 0.3) is 0 Å². The van der Waals surface area contributed by atoms with Gasteiger partial charge in [-0.05, 0) is 31.0 Å². The van der Waals surface area contributed by atoms with E-state index in [1.807, 2.05) is 18.2 Å². The third-order valence-corrected chi connectivity index (χ3v) is 2.83. The van der Waals surface area contributed by atoms with E-state index in [-0.39, 0.29) is 0 Å². The van der Waals surface area contributed by atoms with Gasteiger partial charge in [-0.1, -0.05) is 24.6 Å². The van der Waals surface area contributed by atoms with Crippen molar-refractivity contribution in [3.63, 3.8) is 0 Å². The molecule has 0 atom stereocenters. The summed E-state index contributed by atoms with van der Waals surface area (Å²) in [6, 6.07) is 7.38. The third kappa shape index (κ3) is 3.35. The van der Waals surface area contributed by atoms with Crippen LogP contribution in [0.1, 0.15) is 18.3 Å². The summed E-state index contributed by atoms with van der Waals surface area (Å²) < 4.78 is 11.0. The first kappa shape index (κ1) is 13.6. The van der Waals surface area contributed by atoms with Crippen LogP contribution in [-0.4, -0.2) is 17.1 Å². The molecule has 0 bridgehead atoms. The standard InChI is InChI=1S/C14H15ClN2O2/c1-4-10-5-6-11(12(7-10)18-3)19-14-8-13(15)16-9(2)17-14/h5-8H,4H2,1-3H3. The van der Waals surface area contributed by atoms with Gasteiger partial charge >= 0.3 is 0 Å². The van der Waals surface area contributed by atoms with Crippen molar-refractivity contribution >= 4 is 11.6 Å². The molecule has 4 nitrogen and oxygen atoms in total. The molecule has 0 radical (unpaired) electrons. The van der Waals surface area contributed by atoms with Crippen molar-refractivity contribution in [3.05, 3.63) is 40.8 Å². The van der Waals surface area contributed by atoms with E-state index in [9.17, 15) is 0 Å². The first-order valence-corrected chi connectivity index (χ1v) is 6.36. The fraction of sp³-hybridized carbons (Fsp3) is 0.286. The van der Waals surface area contributed by atoms with Gasteiger partial charge in [0.05, 0.1) is 7.11 Å². The Morgan fingerprint density at radius 2 is 1.95 bits per heavy atom. The molecule has 19 heavy (non-hydrogen) atoms. The summed E-state index contributed by atoms with van der Waals surface area (Å²) in [5.74, 6) is 2.24. The quantitative estimate of drug-likeness (QED) is 0.798. The maximum Gasteiger partial charge on any atom is 0.224 e. The molecule has 1 aromatic heterocycles. The number of halogens is 1. The second kappa shape index (κ2) is 5.89. The Hall–Kier alpha value is -1.81. The van der Waals surface area contributed by atoms with Crippen molar-refractivity contribution in [2.75, 3.05) is 7.11 Å². The topological polar surface area (TPSA) is 44.2 Å². The zero-order chi connectivity index (χ0) is 13.8. The summed E-state index contributed by atoms with van der Waals surface area (Å²) in [7, 11) is 1.61. The van der Waals surface area contributed by atoms with Gasteiger partial charge in [0, 0.05) is 6.07 Å². The molecule has 100 valence electrons. The number of hydrogen-bond acceptors (Lipinski definition) is 4. The number of ether oxygens (including phenoxy) is 2. The molecule has 1 heterocycles. The minimum atomic E-state index is 0.353. The smallest absolute Gasteiger partial charge is 0.224 e. The lowest BCUT2D eigenvalue weighted by Crippen LogP contribution is -1.96. The fourth-order valence-electron chi connectivity index (χ4n) is 1.69. The van der Waals surface area contributed by atoms with E-state index < -0.39 is 0 Å². The number of aromatic nitrogens is 2. The molecule has 5 heteroatoms. The summed E-state index contributed by atoms with van der Waals surface area (Å²) in [5.41, 5.74) is 1.18. The Labute approximate surface area is 117 Å². The first-order chi connectivity index (χ1) is 9.12. The third-order valence-electron chi connectivity index (χ3n) is 2.63. The number of nitrogens with zero attached hydrogens (tertiary/aromatic N) is 2. The average molecular weight is 279 g/mol. The van der Waals surface area contributed by atoms with Crippen LogP contribution < -0.4 is 9.47 Å². The van der Waals surface area contributed by atoms with Crippen LogP contribution >= 0.6 is 11.6 Å². The van der Waals surface area contributed by atoms with Gasteiger partial charge in [0.2, 0.25) is 5.88 Å². The van der Waals surface area contributed by atoms with Crippen molar-refractivity contribution in [2.24, 2.45) is 0 Å².